The van der Waals surface area contributed by atoms with Crippen molar-refractivity contribution in [1.82, 2.24) is 9.80 Å². The van der Waals surface area contributed by atoms with Crippen molar-refractivity contribution in [3.8, 4) is 6.07 Å². The Morgan fingerprint density at radius 3 is 1.78 bits per heavy atom. The highest BCUT2D eigenvalue weighted by Crippen LogP contribution is 2.49. The summed E-state index contributed by atoms with van der Waals surface area (Å²) in [6, 6.07) is 9.38. The summed E-state index contributed by atoms with van der Waals surface area (Å²) < 4.78 is 0. The van der Waals surface area contributed by atoms with Gasteiger partial charge in [0.25, 0.3) is 11.8 Å². The van der Waals surface area contributed by atoms with Gasteiger partial charge in [-0.25, -0.2) is 4.85 Å². The van der Waals surface area contributed by atoms with E-state index in [1.165, 1.54) is 22.7 Å². The predicted molar refractivity (Wildman–Crippen MR) is 145 cm³/mol. The maximum atomic E-state index is 14.0. The van der Waals surface area contributed by atoms with E-state index in [2.05, 4.69) is 24.8 Å². The SMILES string of the molecule is [C-]#[N+]c1ccc(C2=C3C(=O)N(CCCCCC)C(c4ccc(C#N)s4)=C3C(=O)N2CCCCCC)s1. The molecule has 2 aromatic rings. The van der Waals surface area contributed by atoms with Crippen molar-refractivity contribution in [2.24, 2.45) is 0 Å². The van der Waals surface area contributed by atoms with E-state index in [0.29, 0.717) is 45.5 Å². The number of carbonyl (C=O) groups excluding carboxylic acids is 2. The maximum Gasteiger partial charge on any atom is 0.261 e. The Bertz CT molecular complexity index is 1200. The second-order valence-corrected chi connectivity index (χ2v) is 11.2. The van der Waals surface area contributed by atoms with Crippen LogP contribution in [-0.4, -0.2) is 34.7 Å². The van der Waals surface area contributed by atoms with E-state index in [1.54, 1.807) is 21.9 Å². The molecular weight excluding hydrogens is 488 g/mol. The zero-order valence-electron chi connectivity index (χ0n) is 20.8. The zero-order chi connectivity index (χ0) is 25.7. The molecule has 6 nitrogen and oxygen atoms in total. The summed E-state index contributed by atoms with van der Waals surface area (Å²) in [6.07, 6.45) is 8.12. The largest absolute Gasteiger partial charge is 0.306 e. The summed E-state index contributed by atoms with van der Waals surface area (Å²) in [7, 11) is 0. The number of rotatable bonds is 12. The highest BCUT2D eigenvalue weighted by molar-refractivity contribution is 7.17. The first-order valence-corrected chi connectivity index (χ1v) is 14.3. The van der Waals surface area contributed by atoms with Gasteiger partial charge in [-0.2, -0.15) is 16.6 Å². The Hall–Kier alpha value is -3.20. The third kappa shape index (κ3) is 4.89. The number of hydrogen-bond acceptors (Lipinski definition) is 5. The van der Waals surface area contributed by atoms with Crippen LogP contribution in [0.4, 0.5) is 5.00 Å². The molecule has 0 spiro atoms. The van der Waals surface area contributed by atoms with E-state index < -0.39 is 0 Å². The van der Waals surface area contributed by atoms with Crippen molar-refractivity contribution in [3.63, 3.8) is 0 Å². The predicted octanol–water partition coefficient (Wildman–Crippen LogP) is 7.20. The molecular formula is C28H30N4O2S2. The van der Waals surface area contributed by atoms with Gasteiger partial charge in [-0.3, -0.25) is 9.59 Å². The van der Waals surface area contributed by atoms with E-state index in [1.807, 2.05) is 12.1 Å². The van der Waals surface area contributed by atoms with Crippen LogP contribution in [0.5, 0.6) is 0 Å². The molecule has 0 saturated carbocycles. The third-order valence-electron chi connectivity index (χ3n) is 6.54. The Morgan fingerprint density at radius 1 is 0.806 bits per heavy atom. The molecule has 4 rings (SSSR count). The molecule has 2 amide bonds. The van der Waals surface area contributed by atoms with Crippen LogP contribution < -0.4 is 0 Å². The molecule has 0 fully saturated rings. The number of carbonyl (C=O) groups is 2. The lowest BCUT2D eigenvalue weighted by Gasteiger charge is -2.24. The summed E-state index contributed by atoms with van der Waals surface area (Å²) >= 11 is 2.64. The summed E-state index contributed by atoms with van der Waals surface area (Å²) in [5.74, 6) is -0.304. The summed E-state index contributed by atoms with van der Waals surface area (Å²) in [4.78, 5) is 37.1. The highest BCUT2D eigenvalue weighted by Gasteiger charge is 2.49. The van der Waals surface area contributed by atoms with Gasteiger partial charge in [0.15, 0.2) is 0 Å². The van der Waals surface area contributed by atoms with Crippen LogP contribution in [0.1, 0.15) is 79.8 Å². The number of nitriles is 1. The number of hydrogen-bond donors (Lipinski definition) is 0. The number of fused-ring (bicyclic) bond motifs is 1. The Balaban J connectivity index is 1.83. The van der Waals surface area contributed by atoms with E-state index in [0.717, 1.165) is 61.1 Å². The van der Waals surface area contributed by atoms with Crippen molar-refractivity contribution in [3.05, 3.63) is 61.5 Å². The molecule has 2 aliphatic heterocycles. The Kier molecular flexibility index (Phi) is 8.40. The van der Waals surface area contributed by atoms with Gasteiger partial charge in [0.05, 0.1) is 34.0 Å². The number of unbranched alkanes of at least 4 members (excludes halogenated alkanes) is 6. The summed E-state index contributed by atoms with van der Waals surface area (Å²) in [5, 5.41) is 9.94. The molecule has 0 aliphatic carbocycles. The van der Waals surface area contributed by atoms with Crippen molar-refractivity contribution in [2.45, 2.75) is 65.2 Å². The topological polar surface area (TPSA) is 68.8 Å². The molecule has 0 unspecified atom stereocenters. The van der Waals surface area contributed by atoms with Gasteiger partial charge in [0.2, 0.25) is 5.00 Å². The third-order valence-corrected chi connectivity index (χ3v) is 8.52. The smallest absolute Gasteiger partial charge is 0.261 e. The zero-order valence-corrected chi connectivity index (χ0v) is 22.4. The van der Waals surface area contributed by atoms with E-state index >= 15 is 0 Å². The molecule has 0 bridgehead atoms. The maximum absolute atomic E-state index is 14.0. The first-order valence-electron chi connectivity index (χ1n) is 12.7. The second kappa shape index (κ2) is 11.7. The minimum absolute atomic E-state index is 0.152. The number of amides is 2. The van der Waals surface area contributed by atoms with Crippen LogP contribution in [0.25, 0.3) is 16.2 Å². The fourth-order valence-electron chi connectivity index (χ4n) is 4.77. The van der Waals surface area contributed by atoms with Crippen LogP contribution >= 0.6 is 22.7 Å². The van der Waals surface area contributed by atoms with Gasteiger partial charge in [-0.15, -0.1) is 11.3 Å². The average molecular weight is 519 g/mol. The van der Waals surface area contributed by atoms with Crippen LogP contribution in [0, 0.1) is 17.9 Å². The molecule has 186 valence electrons. The Morgan fingerprint density at radius 2 is 1.33 bits per heavy atom. The number of thiophene rings is 2. The van der Waals surface area contributed by atoms with Crippen molar-refractivity contribution in [1.29, 1.82) is 5.26 Å². The Labute approximate surface area is 221 Å². The van der Waals surface area contributed by atoms with Crippen molar-refractivity contribution >= 4 is 50.9 Å². The van der Waals surface area contributed by atoms with Crippen LogP contribution in [0.2, 0.25) is 0 Å². The average Bonchev–Trinajstić information content (AvgIpc) is 3.65. The fourth-order valence-corrected chi connectivity index (χ4v) is 6.48. The quantitative estimate of drug-likeness (QED) is 0.220. The van der Waals surface area contributed by atoms with Crippen molar-refractivity contribution in [2.75, 3.05) is 13.1 Å². The molecule has 8 heteroatoms. The van der Waals surface area contributed by atoms with Crippen LogP contribution in [-0.2, 0) is 9.59 Å². The van der Waals surface area contributed by atoms with E-state index in [9.17, 15) is 14.9 Å². The first kappa shape index (κ1) is 25.9. The molecule has 0 atom stereocenters. The molecule has 36 heavy (non-hydrogen) atoms. The van der Waals surface area contributed by atoms with E-state index in [4.69, 9.17) is 6.57 Å². The molecule has 0 aromatic carbocycles. The van der Waals surface area contributed by atoms with Gasteiger partial charge in [-0.1, -0.05) is 58.4 Å². The van der Waals surface area contributed by atoms with E-state index in [-0.39, 0.29) is 11.8 Å². The van der Waals surface area contributed by atoms with Crippen LogP contribution in [0.15, 0.2) is 35.4 Å². The molecule has 2 aliphatic rings. The van der Waals surface area contributed by atoms with Crippen LogP contribution in [0.3, 0.4) is 0 Å². The minimum atomic E-state index is -0.152. The fraction of sp³-hybridized carbons (Fsp3) is 0.429. The molecule has 0 saturated heterocycles. The van der Waals surface area contributed by atoms with Gasteiger partial charge < -0.3 is 9.80 Å². The lowest BCUT2D eigenvalue weighted by atomic mass is 10.1. The summed E-state index contributed by atoms with van der Waals surface area (Å²) in [6.45, 7) is 12.8. The molecule has 4 heterocycles. The first-order chi connectivity index (χ1) is 17.5. The van der Waals surface area contributed by atoms with Gasteiger partial charge >= 0.3 is 0 Å². The minimum Gasteiger partial charge on any atom is -0.306 e. The van der Waals surface area contributed by atoms with Gasteiger partial charge in [-0.05, 0) is 31.0 Å². The molecule has 2 aromatic heterocycles. The van der Waals surface area contributed by atoms with Crippen molar-refractivity contribution < 1.29 is 9.59 Å². The lowest BCUT2D eigenvalue weighted by molar-refractivity contribution is -0.124. The number of nitrogens with zero attached hydrogens (tertiary/aromatic N) is 4. The second-order valence-electron chi connectivity index (χ2n) is 9.01. The molecule has 0 N–H and O–H groups in total. The standard InChI is InChI=1S/C28H30N4O2S2/c1-4-6-8-10-16-31-25(20-13-12-19(18-29)35-20)23-24(28(31)34)26(21-14-15-22(30-3)36-21)32(27(23)33)17-11-9-7-5-2/h12-15H,4-11,16-17H2,1-2H3. The van der Waals surface area contributed by atoms with Gasteiger partial charge in [0.1, 0.15) is 10.9 Å². The summed E-state index contributed by atoms with van der Waals surface area (Å²) in [5.41, 5.74) is 2.18. The lowest BCUT2D eigenvalue weighted by Crippen LogP contribution is -2.30. The normalized spacial score (nSPS) is 15.2. The van der Waals surface area contributed by atoms with Gasteiger partial charge in [0, 0.05) is 18.0 Å². The highest BCUT2D eigenvalue weighted by atomic mass is 32.1. The molecule has 0 radical (unpaired) electrons. The monoisotopic (exact) mass is 518 g/mol.